The Morgan fingerprint density at radius 3 is 3.13 bits per heavy atom. The number of carbonyl (C=O) groups excluding carboxylic acids is 1. The van der Waals surface area contributed by atoms with E-state index in [1.807, 2.05) is 11.8 Å². The molecule has 1 N–H and O–H groups in total. The van der Waals surface area contributed by atoms with Crippen molar-refractivity contribution in [2.75, 3.05) is 31.2 Å². The van der Waals surface area contributed by atoms with E-state index in [4.69, 9.17) is 4.74 Å². The van der Waals surface area contributed by atoms with Crippen LogP contribution in [0.4, 0.5) is 0 Å². The lowest BCUT2D eigenvalue weighted by Gasteiger charge is -2.09. The SMILES string of the molecule is CCCCOC(=O)CNCC1CCSC1. The zero-order chi connectivity index (χ0) is 10.9. The molecule has 1 rings (SSSR count). The van der Waals surface area contributed by atoms with Crippen LogP contribution in [0, 0.1) is 5.92 Å². The van der Waals surface area contributed by atoms with Gasteiger partial charge in [0, 0.05) is 0 Å². The number of ether oxygens (including phenoxy) is 1. The fourth-order valence-corrected chi connectivity index (χ4v) is 2.79. The van der Waals surface area contributed by atoms with Crippen LogP contribution in [-0.4, -0.2) is 37.2 Å². The van der Waals surface area contributed by atoms with Gasteiger partial charge in [0.05, 0.1) is 13.2 Å². The fourth-order valence-electron chi connectivity index (χ4n) is 1.50. The molecule has 3 nitrogen and oxygen atoms in total. The molecule has 88 valence electrons. The van der Waals surface area contributed by atoms with Crippen LogP contribution >= 0.6 is 11.8 Å². The van der Waals surface area contributed by atoms with Crippen molar-refractivity contribution in [1.82, 2.24) is 5.32 Å². The largest absolute Gasteiger partial charge is 0.465 e. The van der Waals surface area contributed by atoms with E-state index in [0.29, 0.717) is 13.2 Å². The summed E-state index contributed by atoms with van der Waals surface area (Å²) in [4.78, 5) is 11.2. The molecule has 1 fully saturated rings. The summed E-state index contributed by atoms with van der Waals surface area (Å²) in [5, 5.41) is 3.17. The molecule has 1 aliphatic heterocycles. The molecule has 1 atom stereocenters. The minimum Gasteiger partial charge on any atom is -0.465 e. The molecule has 0 aliphatic carbocycles. The van der Waals surface area contributed by atoms with E-state index < -0.39 is 0 Å². The summed E-state index contributed by atoms with van der Waals surface area (Å²) in [5.74, 6) is 3.14. The van der Waals surface area contributed by atoms with Crippen molar-refractivity contribution >= 4 is 17.7 Å². The monoisotopic (exact) mass is 231 g/mol. The summed E-state index contributed by atoms with van der Waals surface area (Å²) < 4.78 is 5.04. The summed E-state index contributed by atoms with van der Waals surface area (Å²) >= 11 is 2.00. The zero-order valence-electron chi connectivity index (χ0n) is 9.46. The summed E-state index contributed by atoms with van der Waals surface area (Å²) in [6.45, 7) is 3.97. The summed E-state index contributed by atoms with van der Waals surface area (Å²) in [7, 11) is 0. The van der Waals surface area contributed by atoms with Crippen LogP contribution in [0.25, 0.3) is 0 Å². The van der Waals surface area contributed by atoms with Gasteiger partial charge in [-0.1, -0.05) is 13.3 Å². The van der Waals surface area contributed by atoms with Gasteiger partial charge >= 0.3 is 5.97 Å². The highest BCUT2D eigenvalue weighted by atomic mass is 32.2. The van der Waals surface area contributed by atoms with Crippen LogP contribution < -0.4 is 5.32 Å². The van der Waals surface area contributed by atoms with Crippen molar-refractivity contribution in [2.24, 2.45) is 5.92 Å². The first-order chi connectivity index (χ1) is 7.33. The Labute approximate surface area is 96.3 Å². The highest BCUT2D eigenvalue weighted by Gasteiger charge is 2.15. The maximum Gasteiger partial charge on any atom is 0.319 e. The predicted octanol–water partition coefficient (Wildman–Crippen LogP) is 1.67. The Balaban J connectivity index is 1.91. The normalized spacial score (nSPS) is 20.5. The van der Waals surface area contributed by atoms with Crippen molar-refractivity contribution < 1.29 is 9.53 Å². The number of hydrogen-bond donors (Lipinski definition) is 1. The van der Waals surface area contributed by atoms with Crippen molar-refractivity contribution in [1.29, 1.82) is 0 Å². The van der Waals surface area contributed by atoms with Gasteiger partial charge in [-0.2, -0.15) is 11.8 Å². The lowest BCUT2D eigenvalue weighted by molar-refractivity contribution is -0.142. The van der Waals surface area contributed by atoms with Crippen LogP contribution in [0.15, 0.2) is 0 Å². The first-order valence-electron chi connectivity index (χ1n) is 5.77. The van der Waals surface area contributed by atoms with Crippen LogP contribution in [0.5, 0.6) is 0 Å². The molecular formula is C11H21NO2S. The summed E-state index contributed by atoms with van der Waals surface area (Å²) in [6, 6.07) is 0. The Morgan fingerprint density at radius 2 is 2.47 bits per heavy atom. The third-order valence-corrected chi connectivity index (χ3v) is 3.72. The highest BCUT2D eigenvalue weighted by molar-refractivity contribution is 7.99. The van der Waals surface area contributed by atoms with Crippen molar-refractivity contribution in [3.05, 3.63) is 0 Å². The highest BCUT2D eigenvalue weighted by Crippen LogP contribution is 2.22. The van der Waals surface area contributed by atoms with Crippen LogP contribution in [0.2, 0.25) is 0 Å². The number of nitrogens with one attached hydrogen (secondary N) is 1. The number of thioether (sulfide) groups is 1. The zero-order valence-corrected chi connectivity index (χ0v) is 10.3. The van der Waals surface area contributed by atoms with E-state index in [9.17, 15) is 4.79 Å². The van der Waals surface area contributed by atoms with Crippen LogP contribution in [-0.2, 0) is 9.53 Å². The maximum atomic E-state index is 11.2. The van der Waals surface area contributed by atoms with E-state index in [1.165, 1.54) is 17.9 Å². The smallest absolute Gasteiger partial charge is 0.319 e. The molecule has 4 heteroatoms. The van der Waals surface area contributed by atoms with Crippen LogP contribution in [0.3, 0.4) is 0 Å². The number of hydrogen-bond acceptors (Lipinski definition) is 4. The van der Waals surface area contributed by atoms with Crippen molar-refractivity contribution in [3.8, 4) is 0 Å². The topological polar surface area (TPSA) is 38.3 Å². The van der Waals surface area contributed by atoms with Crippen molar-refractivity contribution in [3.63, 3.8) is 0 Å². The van der Waals surface area contributed by atoms with Crippen LogP contribution in [0.1, 0.15) is 26.2 Å². The fraction of sp³-hybridized carbons (Fsp3) is 0.909. The van der Waals surface area contributed by atoms with Gasteiger partial charge in [-0.3, -0.25) is 4.79 Å². The lowest BCUT2D eigenvalue weighted by atomic mass is 10.1. The molecule has 15 heavy (non-hydrogen) atoms. The summed E-state index contributed by atoms with van der Waals surface area (Å²) in [5.41, 5.74) is 0. The molecule has 1 aliphatic rings. The second kappa shape index (κ2) is 7.99. The standard InChI is InChI=1S/C11H21NO2S/c1-2-3-5-14-11(13)8-12-7-10-4-6-15-9-10/h10,12H,2-9H2,1H3. The molecule has 1 unspecified atom stereocenters. The minimum absolute atomic E-state index is 0.117. The van der Waals surface area contributed by atoms with E-state index in [0.717, 1.165) is 25.3 Å². The Kier molecular flexibility index (Phi) is 6.85. The first-order valence-corrected chi connectivity index (χ1v) is 6.92. The van der Waals surface area contributed by atoms with E-state index >= 15 is 0 Å². The average molecular weight is 231 g/mol. The average Bonchev–Trinajstić information content (AvgIpc) is 2.71. The predicted molar refractivity (Wildman–Crippen MR) is 64.2 cm³/mol. The number of esters is 1. The second-order valence-corrected chi connectivity index (χ2v) is 5.08. The molecule has 0 aromatic rings. The van der Waals surface area contributed by atoms with Gasteiger partial charge < -0.3 is 10.1 Å². The van der Waals surface area contributed by atoms with Gasteiger partial charge in [0.2, 0.25) is 0 Å². The number of rotatable bonds is 7. The molecule has 0 aromatic carbocycles. The molecule has 0 bridgehead atoms. The van der Waals surface area contributed by atoms with Crippen molar-refractivity contribution in [2.45, 2.75) is 26.2 Å². The molecule has 0 radical (unpaired) electrons. The third kappa shape index (κ3) is 6.05. The molecule has 0 aromatic heterocycles. The molecule has 1 saturated heterocycles. The third-order valence-electron chi connectivity index (χ3n) is 2.49. The minimum atomic E-state index is -0.117. The number of carbonyl (C=O) groups is 1. The lowest BCUT2D eigenvalue weighted by Crippen LogP contribution is -2.29. The first kappa shape index (κ1) is 12.8. The molecule has 0 amide bonds. The van der Waals surface area contributed by atoms with E-state index in [2.05, 4.69) is 12.2 Å². The van der Waals surface area contributed by atoms with Gasteiger partial charge in [-0.25, -0.2) is 0 Å². The van der Waals surface area contributed by atoms with E-state index in [1.54, 1.807) is 0 Å². The maximum absolute atomic E-state index is 11.2. The second-order valence-electron chi connectivity index (χ2n) is 3.93. The van der Waals surface area contributed by atoms with Gasteiger partial charge in [0.1, 0.15) is 0 Å². The van der Waals surface area contributed by atoms with Gasteiger partial charge in [0.15, 0.2) is 0 Å². The molecule has 0 saturated carbocycles. The quantitative estimate of drug-likeness (QED) is 0.534. The Bertz CT molecular complexity index is 181. The Morgan fingerprint density at radius 1 is 1.60 bits per heavy atom. The summed E-state index contributed by atoms with van der Waals surface area (Å²) in [6.07, 6.45) is 3.31. The van der Waals surface area contributed by atoms with Gasteiger partial charge in [-0.15, -0.1) is 0 Å². The van der Waals surface area contributed by atoms with E-state index in [-0.39, 0.29) is 5.97 Å². The molecule has 1 heterocycles. The molecular weight excluding hydrogens is 210 g/mol. The van der Waals surface area contributed by atoms with Gasteiger partial charge in [0.25, 0.3) is 0 Å². The van der Waals surface area contributed by atoms with Gasteiger partial charge in [-0.05, 0) is 36.8 Å². The number of unbranched alkanes of at least 4 members (excludes halogenated alkanes) is 1. The molecule has 0 spiro atoms. The Hall–Kier alpha value is -0.220.